The average molecular weight is 313 g/mol. The minimum atomic E-state index is -3.73. The lowest BCUT2D eigenvalue weighted by Crippen LogP contribution is -2.39. The van der Waals surface area contributed by atoms with Crippen molar-refractivity contribution < 1.29 is 12.8 Å². The van der Waals surface area contributed by atoms with Crippen molar-refractivity contribution in [2.24, 2.45) is 5.14 Å². The van der Waals surface area contributed by atoms with Crippen molar-refractivity contribution in [1.29, 1.82) is 0 Å². The first-order valence-electron chi connectivity index (χ1n) is 6.29. The summed E-state index contributed by atoms with van der Waals surface area (Å²) in [6.07, 6.45) is 1.44. The van der Waals surface area contributed by atoms with E-state index in [-0.39, 0.29) is 5.39 Å². The minimum Gasteiger partial charge on any atom is -0.328 e. The zero-order valence-corrected chi connectivity index (χ0v) is 12.4. The molecule has 2 rings (SSSR count). The van der Waals surface area contributed by atoms with E-state index in [9.17, 15) is 17.6 Å². The molecule has 0 fully saturated rings. The molecule has 114 valence electrons. The van der Waals surface area contributed by atoms with Gasteiger partial charge in [-0.3, -0.25) is 10.1 Å². The highest BCUT2D eigenvalue weighted by Gasteiger charge is 2.20. The van der Waals surface area contributed by atoms with Gasteiger partial charge in [-0.25, -0.2) is 17.9 Å². The predicted molar refractivity (Wildman–Crippen MR) is 78.6 cm³/mol. The van der Waals surface area contributed by atoms with Crippen LogP contribution in [0.4, 0.5) is 4.39 Å². The fourth-order valence-electron chi connectivity index (χ4n) is 2.18. The van der Waals surface area contributed by atoms with Gasteiger partial charge >= 0.3 is 0 Å². The van der Waals surface area contributed by atoms with Crippen LogP contribution in [0.3, 0.4) is 0 Å². The number of aromatic nitrogens is 1. The van der Waals surface area contributed by atoms with Gasteiger partial charge in [0.1, 0.15) is 11.2 Å². The molecule has 0 radical (unpaired) electrons. The van der Waals surface area contributed by atoms with Gasteiger partial charge in [0.15, 0.2) is 0 Å². The van der Waals surface area contributed by atoms with E-state index < -0.39 is 32.8 Å². The van der Waals surface area contributed by atoms with Crippen LogP contribution in [0.15, 0.2) is 29.2 Å². The number of halogens is 1. The van der Waals surface area contributed by atoms with E-state index in [0.29, 0.717) is 10.9 Å². The molecule has 4 N–H and O–H groups in total. The standard InChI is InChI=1S/C13H16FN3O3S/c1-7(17-8(2)21(15,19)20)10-6-16-13(18)12-9(10)4-3-5-11(12)14/h3-8,17H,1-2H3,(H,16,18)(H2,15,19,20). The summed E-state index contributed by atoms with van der Waals surface area (Å²) in [4.78, 5) is 14.2. The summed E-state index contributed by atoms with van der Waals surface area (Å²) in [7, 11) is -3.73. The number of benzene rings is 1. The van der Waals surface area contributed by atoms with Crippen molar-refractivity contribution in [2.45, 2.75) is 25.3 Å². The molecule has 2 unspecified atom stereocenters. The minimum absolute atomic E-state index is 0.0492. The first kappa shape index (κ1) is 15.6. The van der Waals surface area contributed by atoms with Crippen molar-refractivity contribution >= 4 is 20.8 Å². The molecule has 6 nitrogen and oxygen atoms in total. The van der Waals surface area contributed by atoms with E-state index in [1.807, 2.05) is 0 Å². The lowest BCUT2D eigenvalue weighted by atomic mass is 10.0. The summed E-state index contributed by atoms with van der Waals surface area (Å²) in [5.41, 5.74) is 0.0538. The zero-order chi connectivity index (χ0) is 15.8. The van der Waals surface area contributed by atoms with Crippen molar-refractivity contribution in [2.75, 3.05) is 0 Å². The number of nitrogens with one attached hydrogen (secondary N) is 2. The molecule has 0 aliphatic heterocycles. The molecule has 0 saturated heterocycles. The van der Waals surface area contributed by atoms with Gasteiger partial charge in [-0.2, -0.15) is 0 Å². The number of primary sulfonamides is 1. The van der Waals surface area contributed by atoms with Crippen LogP contribution in [0.5, 0.6) is 0 Å². The highest BCUT2D eigenvalue weighted by Crippen LogP contribution is 2.23. The maximum absolute atomic E-state index is 13.8. The van der Waals surface area contributed by atoms with Crippen LogP contribution >= 0.6 is 0 Å². The number of pyridine rings is 1. The van der Waals surface area contributed by atoms with Gasteiger partial charge in [0.25, 0.3) is 5.56 Å². The van der Waals surface area contributed by atoms with Gasteiger partial charge in [0.2, 0.25) is 10.0 Å². The molecule has 1 aromatic heterocycles. The zero-order valence-electron chi connectivity index (χ0n) is 11.6. The first-order valence-corrected chi connectivity index (χ1v) is 7.90. The lowest BCUT2D eigenvalue weighted by molar-refractivity contribution is 0.523. The molecule has 2 aromatic rings. The molecule has 1 heterocycles. The number of sulfonamides is 1. The second kappa shape index (κ2) is 5.55. The Hall–Kier alpha value is -1.77. The monoisotopic (exact) mass is 313 g/mol. The van der Waals surface area contributed by atoms with Crippen molar-refractivity contribution in [3.63, 3.8) is 0 Å². The van der Waals surface area contributed by atoms with Gasteiger partial charge in [0, 0.05) is 12.2 Å². The van der Waals surface area contributed by atoms with E-state index in [0.717, 1.165) is 0 Å². The molecular formula is C13H16FN3O3S. The number of hydrogen-bond donors (Lipinski definition) is 3. The first-order chi connectivity index (χ1) is 9.71. The quantitative estimate of drug-likeness (QED) is 0.781. The molecule has 0 amide bonds. The molecule has 2 atom stereocenters. The summed E-state index contributed by atoms with van der Waals surface area (Å²) in [6, 6.07) is 3.87. The third-order valence-electron chi connectivity index (χ3n) is 3.35. The Kier molecular flexibility index (Phi) is 4.13. The van der Waals surface area contributed by atoms with Crippen molar-refractivity contribution in [1.82, 2.24) is 10.3 Å². The summed E-state index contributed by atoms with van der Waals surface area (Å²) in [5.74, 6) is -0.623. The third kappa shape index (κ3) is 3.12. The topological polar surface area (TPSA) is 105 Å². The predicted octanol–water partition coefficient (Wildman–Crippen LogP) is 0.952. The molecule has 0 aliphatic carbocycles. The van der Waals surface area contributed by atoms with Crippen LogP contribution < -0.4 is 16.0 Å². The van der Waals surface area contributed by atoms with E-state index in [1.165, 1.54) is 25.3 Å². The van der Waals surface area contributed by atoms with Crippen LogP contribution in [0.25, 0.3) is 10.8 Å². The van der Waals surface area contributed by atoms with Crippen LogP contribution in [0.2, 0.25) is 0 Å². The van der Waals surface area contributed by atoms with Gasteiger partial charge in [-0.05, 0) is 30.9 Å². The van der Waals surface area contributed by atoms with Gasteiger partial charge in [-0.15, -0.1) is 0 Å². The molecular weight excluding hydrogens is 297 g/mol. The summed E-state index contributed by atoms with van der Waals surface area (Å²) >= 11 is 0. The third-order valence-corrected chi connectivity index (χ3v) is 4.48. The number of rotatable bonds is 4. The van der Waals surface area contributed by atoms with E-state index >= 15 is 0 Å². The second-order valence-electron chi connectivity index (χ2n) is 4.86. The summed E-state index contributed by atoms with van der Waals surface area (Å²) < 4.78 is 36.3. The number of hydrogen-bond acceptors (Lipinski definition) is 4. The molecule has 0 spiro atoms. The molecule has 8 heteroatoms. The van der Waals surface area contributed by atoms with Crippen LogP contribution in [0.1, 0.15) is 25.5 Å². The van der Waals surface area contributed by atoms with Gasteiger partial charge in [-0.1, -0.05) is 12.1 Å². The van der Waals surface area contributed by atoms with E-state index in [4.69, 9.17) is 5.14 Å². The Morgan fingerprint density at radius 1 is 1.33 bits per heavy atom. The second-order valence-corrected chi connectivity index (χ2v) is 6.74. The van der Waals surface area contributed by atoms with E-state index in [1.54, 1.807) is 13.0 Å². The largest absolute Gasteiger partial charge is 0.328 e. The Morgan fingerprint density at radius 2 is 2.00 bits per heavy atom. The summed E-state index contributed by atoms with van der Waals surface area (Å²) in [5, 5.41) is 7.28. The Labute approximate surface area is 121 Å². The maximum Gasteiger partial charge on any atom is 0.258 e. The Morgan fingerprint density at radius 3 is 2.62 bits per heavy atom. The normalized spacial score (nSPS) is 15.0. The average Bonchev–Trinajstić information content (AvgIpc) is 2.37. The van der Waals surface area contributed by atoms with Gasteiger partial charge in [0.05, 0.1) is 5.39 Å². The molecule has 0 saturated carbocycles. The molecule has 0 aliphatic rings. The Balaban J connectivity index is 2.50. The van der Waals surface area contributed by atoms with Gasteiger partial charge < -0.3 is 4.98 Å². The van der Waals surface area contributed by atoms with Crippen molar-refractivity contribution in [3.05, 3.63) is 46.1 Å². The smallest absolute Gasteiger partial charge is 0.258 e. The maximum atomic E-state index is 13.8. The number of aromatic amines is 1. The fourth-order valence-corrected chi connectivity index (χ4v) is 2.58. The number of fused-ring (bicyclic) bond motifs is 1. The highest BCUT2D eigenvalue weighted by atomic mass is 32.2. The lowest BCUT2D eigenvalue weighted by Gasteiger charge is -2.20. The Bertz CT molecular complexity index is 832. The van der Waals surface area contributed by atoms with Crippen LogP contribution in [-0.2, 0) is 10.0 Å². The molecule has 0 bridgehead atoms. The highest BCUT2D eigenvalue weighted by molar-refractivity contribution is 7.89. The van der Waals surface area contributed by atoms with Crippen LogP contribution in [-0.4, -0.2) is 18.8 Å². The summed E-state index contributed by atoms with van der Waals surface area (Å²) in [6.45, 7) is 3.12. The molecule has 21 heavy (non-hydrogen) atoms. The molecule has 1 aromatic carbocycles. The van der Waals surface area contributed by atoms with E-state index in [2.05, 4.69) is 10.3 Å². The van der Waals surface area contributed by atoms with Crippen molar-refractivity contribution in [3.8, 4) is 0 Å². The number of H-pyrrole nitrogens is 1. The van der Waals surface area contributed by atoms with Crippen LogP contribution in [0, 0.1) is 5.82 Å². The fraction of sp³-hybridized carbons (Fsp3) is 0.308. The SMILES string of the molecule is CC(NC(C)S(N)(=O)=O)c1c[nH]c(=O)c2c(F)cccc12. The number of nitrogens with two attached hydrogens (primary N) is 1.